The second-order valence-electron chi connectivity index (χ2n) is 9.69. The number of amides is 1. The first-order chi connectivity index (χ1) is 19.2. The molecule has 0 fully saturated rings. The first-order valence-corrected chi connectivity index (χ1v) is 13.1. The fraction of sp³-hybridized carbons (Fsp3) is 0.212. The van der Waals surface area contributed by atoms with Crippen molar-refractivity contribution in [1.29, 1.82) is 0 Å². The molecule has 0 aliphatic carbocycles. The predicted molar refractivity (Wildman–Crippen MR) is 154 cm³/mol. The van der Waals surface area contributed by atoms with Crippen LogP contribution in [-0.2, 0) is 13.0 Å². The van der Waals surface area contributed by atoms with Crippen molar-refractivity contribution in [2.75, 3.05) is 13.7 Å². The molecule has 2 N–H and O–H groups in total. The highest BCUT2D eigenvalue weighted by Gasteiger charge is 2.19. The summed E-state index contributed by atoms with van der Waals surface area (Å²) in [4.78, 5) is 27.1. The van der Waals surface area contributed by atoms with Gasteiger partial charge in [-0.25, -0.2) is 4.79 Å². The van der Waals surface area contributed by atoms with Gasteiger partial charge in [-0.1, -0.05) is 42.5 Å². The summed E-state index contributed by atoms with van der Waals surface area (Å²) in [5.41, 5.74) is 3.97. The molecule has 0 aliphatic rings. The maximum absolute atomic E-state index is 13.6. The van der Waals surface area contributed by atoms with Gasteiger partial charge in [0.15, 0.2) is 0 Å². The third-order valence-corrected chi connectivity index (χ3v) is 6.70. The Kier molecular flexibility index (Phi) is 9.07. The minimum Gasteiger partial charge on any atom is -0.507 e. The average molecular weight is 540 g/mol. The minimum absolute atomic E-state index is 0.00176. The number of rotatable bonds is 11. The molecule has 1 amide bonds. The number of carbonyl (C=O) groups is 2. The van der Waals surface area contributed by atoms with E-state index in [9.17, 15) is 19.8 Å². The minimum atomic E-state index is -1.12. The van der Waals surface area contributed by atoms with Crippen LogP contribution in [0.1, 0.15) is 49.4 Å². The van der Waals surface area contributed by atoms with Crippen molar-refractivity contribution in [2.45, 2.75) is 33.2 Å². The summed E-state index contributed by atoms with van der Waals surface area (Å²) in [5.74, 6) is 0.0839. The van der Waals surface area contributed by atoms with Gasteiger partial charge in [-0.05, 0) is 91.4 Å². The number of phenols is 1. The molecule has 0 saturated carbocycles. The van der Waals surface area contributed by atoms with Gasteiger partial charge < -0.3 is 24.6 Å². The molecule has 0 heterocycles. The number of phenolic OH excluding ortho intramolecular Hbond substituents is 1. The van der Waals surface area contributed by atoms with E-state index in [0.717, 1.165) is 18.4 Å². The Morgan fingerprint density at radius 3 is 2.10 bits per heavy atom. The standard InChI is InChI=1S/C33H33NO6/c1-22-18-26(19-23(2)31(22)35)32(36)34(17-7-10-24-8-5-4-6-9-24)21-25-11-13-27(14-12-25)40-30-16-15-28(39-3)20-29(30)33(37)38/h4-6,8-9,11-16,18-20,35H,7,10,17,21H2,1-3H3,(H,37,38). The van der Waals surface area contributed by atoms with E-state index in [4.69, 9.17) is 9.47 Å². The molecule has 7 nitrogen and oxygen atoms in total. The quantitative estimate of drug-likeness (QED) is 0.218. The van der Waals surface area contributed by atoms with E-state index in [1.54, 1.807) is 50.2 Å². The van der Waals surface area contributed by atoms with Crippen LogP contribution in [0.15, 0.2) is 84.9 Å². The number of carboxylic acid groups (broad SMARTS) is 1. The first kappa shape index (κ1) is 28.2. The molecule has 0 aromatic heterocycles. The predicted octanol–water partition coefficient (Wildman–Crippen LogP) is 6.78. The van der Waals surface area contributed by atoms with E-state index in [0.29, 0.717) is 41.3 Å². The van der Waals surface area contributed by atoms with E-state index in [2.05, 4.69) is 12.1 Å². The van der Waals surface area contributed by atoms with Gasteiger partial charge in [0.25, 0.3) is 5.91 Å². The van der Waals surface area contributed by atoms with Crippen molar-refractivity contribution < 1.29 is 29.3 Å². The van der Waals surface area contributed by atoms with Crippen LogP contribution in [0.4, 0.5) is 0 Å². The van der Waals surface area contributed by atoms with Gasteiger partial charge in [-0.3, -0.25) is 4.79 Å². The SMILES string of the molecule is COc1ccc(Oc2ccc(CN(CCCc3ccccc3)C(=O)c3cc(C)c(O)c(C)c3)cc2)c(C(=O)O)c1. The van der Waals surface area contributed by atoms with Gasteiger partial charge in [0, 0.05) is 18.7 Å². The molecule has 4 aromatic carbocycles. The fourth-order valence-corrected chi connectivity index (χ4v) is 4.54. The number of methoxy groups -OCH3 is 1. The molecule has 4 aromatic rings. The lowest BCUT2D eigenvalue weighted by Crippen LogP contribution is -2.32. The second kappa shape index (κ2) is 12.8. The van der Waals surface area contributed by atoms with Gasteiger partial charge in [-0.15, -0.1) is 0 Å². The summed E-state index contributed by atoms with van der Waals surface area (Å²) >= 11 is 0. The summed E-state index contributed by atoms with van der Waals surface area (Å²) in [6.07, 6.45) is 1.64. The summed E-state index contributed by atoms with van der Waals surface area (Å²) in [6, 6.07) is 25.5. The number of carbonyl (C=O) groups excluding carboxylic acids is 1. The molecule has 0 atom stereocenters. The molecule has 0 bridgehead atoms. The van der Waals surface area contributed by atoms with Crippen LogP contribution in [0.25, 0.3) is 0 Å². The van der Waals surface area contributed by atoms with Crippen LogP contribution in [0.2, 0.25) is 0 Å². The Morgan fingerprint density at radius 1 is 0.825 bits per heavy atom. The first-order valence-electron chi connectivity index (χ1n) is 13.1. The van der Waals surface area contributed by atoms with Crippen molar-refractivity contribution in [3.63, 3.8) is 0 Å². The molecule has 40 heavy (non-hydrogen) atoms. The maximum atomic E-state index is 13.6. The second-order valence-corrected chi connectivity index (χ2v) is 9.69. The Balaban J connectivity index is 1.52. The van der Waals surface area contributed by atoms with Gasteiger partial charge in [0.2, 0.25) is 0 Å². The molecule has 0 spiro atoms. The third kappa shape index (κ3) is 6.99. The van der Waals surface area contributed by atoms with E-state index in [-0.39, 0.29) is 23.0 Å². The molecular formula is C33H33NO6. The molecule has 4 rings (SSSR count). The van der Waals surface area contributed by atoms with Crippen LogP contribution >= 0.6 is 0 Å². The molecule has 7 heteroatoms. The largest absolute Gasteiger partial charge is 0.507 e. The molecule has 0 saturated heterocycles. The Morgan fingerprint density at radius 2 is 1.48 bits per heavy atom. The van der Waals surface area contributed by atoms with E-state index in [1.165, 1.54) is 18.7 Å². The summed E-state index contributed by atoms with van der Waals surface area (Å²) < 4.78 is 11.0. The number of benzene rings is 4. The lowest BCUT2D eigenvalue weighted by Gasteiger charge is -2.24. The van der Waals surface area contributed by atoms with E-state index < -0.39 is 5.97 Å². The van der Waals surface area contributed by atoms with Crippen molar-refractivity contribution in [3.05, 3.63) is 118 Å². The number of hydrogen-bond donors (Lipinski definition) is 2. The van der Waals surface area contributed by atoms with Crippen molar-refractivity contribution in [1.82, 2.24) is 4.90 Å². The molecule has 206 valence electrons. The number of aromatic hydroxyl groups is 1. The Hall–Kier alpha value is -4.78. The van der Waals surface area contributed by atoms with Crippen LogP contribution in [0.5, 0.6) is 23.0 Å². The number of carboxylic acids is 1. The van der Waals surface area contributed by atoms with Crippen molar-refractivity contribution in [3.8, 4) is 23.0 Å². The zero-order chi connectivity index (χ0) is 28.6. The van der Waals surface area contributed by atoms with Crippen LogP contribution in [0.3, 0.4) is 0 Å². The summed E-state index contributed by atoms with van der Waals surface area (Å²) in [5, 5.41) is 19.7. The van der Waals surface area contributed by atoms with Crippen LogP contribution < -0.4 is 9.47 Å². The molecule has 0 unspecified atom stereocenters. The maximum Gasteiger partial charge on any atom is 0.339 e. The van der Waals surface area contributed by atoms with Crippen LogP contribution in [-0.4, -0.2) is 40.6 Å². The number of aryl methyl sites for hydroxylation is 3. The van der Waals surface area contributed by atoms with Crippen molar-refractivity contribution >= 4 is 11.9 Å². The van der Waals surface area contributed by atoms with Gasteiger partial charge >= 0.3 is 5.97 Å². The Bertz CT molecular complexity index is 1460. The highest BCUT2D eigenvalue weighted by atomic mass is 16.5. The molecular weight excluding hydrogens is 506 g/mol. The van der Waals surface area contributed by atoms with Gasteiger partial charge in [0.1, 0.15) is 28.6 Å². The zero-order valence-corrected chi connectivity index (χ0v) is 22.9. The fourth-order valence-electron chi connectivity index (χ4n) is 4.54. The molecule has 0 aliphatic heterocycles. The van der Waals surface area contributed by atoms with E-state index >= 15 is 0 Å². The van der Waals surface area contributed by atoms with E-state index in [1.807, 2.05) is 35.2 Å². The number of aromatic carboxylic acids is 1. The smallest absolute Gasteiger partial charge is 0.339 e. The lowest BCUT2D eigenvalue weighted by atomic mass is 10.0. The summed E-state index contributed by atoms with van der Waals surface area (Å²) in [6.45, 7) is 4.51. The highest BCUT2D eigenvalue weighted by Crippen LogP contribution is 2.29. The topological polar surface area (TPSA) is 96.3 Å². The zero-order valence-electron chi connectivity index (χ0n) is 22.9. The lowest BCUT2D eigenvalue weighted by molar-refractivity contribution is 0.0692. The number of hydrogen-bond acceptors (Lipinski definition) is 5. The highest BCUT2D eigenvalue weighted by molar-refractivity contribution is 5.95. The van der Waals surface area contributed by atoms with Crippen molar-refractivity contribution in [2.24, 2.45) is 0 Å². The Labute approximate surface area is 234 Å². The molecule has 0 radical (unpaired) electrons. The summed E-state index contributed by atoms with van der Waals surface area (Å²) in [7, 11) is 1.47. The average Bonchev–Trinajstić information content (AvgIpc) is 2.96. The number of ether oxygens (including phenoxy) is 2. The van der Waals surface area contributed by atoms with Gasteiger partial charge in [0.05, 0.1) is 7.11 Å². The van der Waals surface area contributed by atoms with Crippen LogP contribution in [0, 0.1) is 13.8 Å². The normalized spacial score (nSPS) is 10.7. The third-order valence-electron chi connectivity index (χ3n) is 6.70. The van der Waals surface area contributed by atoms with Gasteiger partial charge in [-0.2, -0.15) is 0 Å². The monoisotopic (exact) mass is 539 g/mol. The number of nitrogens with zero attached hydrogens (tertiary/aromatic N) is 1.